The Morgan fingerprint density at radius 3 is 2.23 bits per heavy atom. The first-order valence-corrected chi connectivity index (χ1v) is 10.6. The summed E-state index contributed by atoms with van der Waals surface area (Å²) in [5.74, 6) is -0.986. The van der Waals surface area contributed by atoms with Crippen molar-refractivity contribution in [2.45, 2.75) is 29.0 Å². The summed E-state index contributed by atoms with van der Waals surface area (Å²) in [6.07, 6.45) is 1.92. The lowest BCUT2D eigenvalue weighted by molar-refractivity contribution is 0.264. The third-order valence-corrected chi connectivity index (χ3v) is 8.56. The lowest BCUT2D eigenvalue weighted by Crippen LogP contribution is -2.45. The molecule has 1 aromatic rings. The zero-order valence-corrected chi connectivity index (χ0v) is 13.6. The maximum atomic E-state index is 13.0. The monoisotopic (exact) mass is 347 g/mol. The van der Waals surface area contributed by atoms with E-state index in [2.05, 4.69) is 0 Å². The minimum atomic E-state index is -3.80. The van der Waals surface area contributed by atoms with Gasteiger partial charge in [0.2, 0.25) is 0 Å². The van der Waals surface area contributed by atoms with Crippen molar-refractivity contribution in [2.24, 2.45) is 0 Å². The highest BCUT2D eigenvalue weighted by molar-refractivity contribution is 7.96. The molecular weight excluding hydrogens is 329 g/mol. The van der Waals surface area contributed by atoms with Crippen LogP contribution in [0.25, 0.3) is 0 Å². The topological polar surface area (TPSA) is 71.5 Å². The van der Waals surface area contributed by atoms with Gasteiger partial charge in [-0.1, -0.05) is 0 Å². The third kappa shape index (κ3) is 2.91. The zero-order valence-electron chi connectivity index (χ0n) is 12.0. The van der Waals surface area contributed by atoms with Gasteiger partial charge in [0.05, 0.1) is 21.7 Å². The summed E-state index contributed by atoms with van der Waals surface area (Å²) >= 11 is 0. The molecule has 5 nitrogen and oxygen atoms in total. The molecule has 0 N–H and O–H groups in total. The van der Waals surface area contributed by atoms with Crippen molar-refractivity contribution >= 4 is 19.7 Å². The Hall–Kier alpha value is -0.990. The Balaban J connectivity index is 1.97. The molecule has 0 bridgehead atoms. The maximum absolute atomic E-state index is 13.0. The highest BCUT2D eigenvalue weighted by Crippen LogP contribution is 2.30. The molecule has 8 heteroatoms. The number of nitrogens with zero attached hydrogens (tertiary/aromatic N) is 1. The van der Waals surface area contributed by atoms with Crippen LogP contribution in [0.2, 0.25) is 0 Å². The average molecular weight is 347 g/mol. The van der Waals surface area contributed by atoms with Gasteiger partial charge >= 0.3 is 0 Å². The Morgan fingerprint density at radius 1 is 1.05 bits per heavy atom. The van der Waals surface area contributed by atoms with Crippen molar-refractivity contribution in [2.75, 3.05) is 24.6 Å². The van der Waals surface area contributed by atoms with Gasteiger partial charge in [0.25, 0.3) is 0 Å². The minimum absolute atomic E-state index is 0.0137. The van der Waals surface area contributed by atoms with E-state index >= 15 is 0 Å². The Morgan fingerprint density at radius 2 is 1.64 bits per heavy atom. The number of likely N-dealkylation sites (tertiary alicyclic amines) is 1. The summed E-state index contributed by atoms with van der Waals surface area (Å²) in [5.41, 5.74) is 0. The Bertz CT molecular complexity index is 753. The summed E-state index contributed by atoms with van der Waals surface area (Å²) < 4.78 is 62.6. The van der Waals surface area contributed by atoms with Crippen LogP contribution in [0.1, 0.15) is 12.8 Å². The average Bonchev–Trinajstić information content (AvgIpc) is 3.06. The molecule has 2 saturated heterocycles. The molecule has 0 aliphatic carbocycles. The summed E-state index contributed by atoms with van der Waals surface area (Å²) in [5, 5.41) is -0.971. The molecule has 2 aliphatic rings. The van der Waals surface area contributed by atoms with Crippen LogP contribution >= 0.6 is 0 Å². The molecule has 2 fully saturated rings. The van der Waals surface area contributed by atoms with Crippen LogP contribution < -0.4 is 0 Å². The first-order chi connectivity index (χ1) is 10.3. The van der Waals surface area contributed by atoms with E-state index < -0.39 is 36.8 Å². The van der Waals surface area contributed by atoms with Gasteiger partial charge < -0.3 is 0 Å². The quantitative estimate of drug-likeness (QED) is 0.759. The van der Waals surface area contributed by atoms with Gasteiger partial charge in [-0.25, -0.2) is 21.2 Å². The number of hydrogen-bond acceptors (Lipinski definition) is 5. The van der Waals surface area contributed by atoms with E-state index in [1.165, 1.54) is 12.1 Å². The molecule has 2 aliphatic heterocycles. The van der Waals surface area contributed by atoms with E-state index in [1.54, 1.807) is 0 Å². The first kappa shape index (κ1) is 15.9. The zero-order chi connectivity index (χ0) is 16.0. The predicted octanol–water partition coefficient (Wildman–Crippen LogP) is 0.861. The molecule has 2 unspecified atom stereocenters. The van der Waals surface area contributed by atoms with E-state index in [0.29, 0.717) is 0 Å². The van der Waals surface area contributed by atoms with Gasteiger partial charge in [0, 0.05) is 6.04 Å². The number of rotatable bonds is 3. The van der Waals surface area contributed by atoms with Crippen LogP contribution in [-0.4, -0.2) is 57.6 Å². The van der Waals surface area contributed by atoms with Crippen molar-refractivity contribution in [3.05, 3.63) is 30.1 Å². The lowest BCUT2D eigenvalue weighted by Gasteiger charge is -2.27. The van der Waals surface area contributed by atoms with E-state index in [0.717, 1.165) is 38.1 Å². The Labute approximate surface area is 130 Å². The normalized spacial score (nSPS) is 29.0. The second-order valence-electron chi connectivity index (χ2n) is 5.92. The first-order valence-electron chi connectivity index (χ1n) is 7.23. The van der Waals surface area contributed by atoms with Gasteiger partial charge in [0.1, 0.15) is 5.82 Å². The number of benzene rings is 1. The molecule has 2 atom stereocenters. The number of hydrogen-bond donors (Lipinski definition) is 0. The predicted molar refractivity (Wildman–Crippen MR) is 80.6 cm³/mol. The summed E-state index contributed by atoms with van der Waals surface area (Å²) in [6, 6.07) is 4.08. The van der Waals surface area contributed by atoms with Crippen molar-refractivity contribution in [1.82, 2.24) is 4.90 Å². The molecule has 22 heavy (non-hydrogen) atoms. The second-order valence-corrected chi connectivity index (χ2v) is 10.2. The fraction of sp³-hybridized carbons (Fsp3) is 0.571. The van der Waals surface area contributed by atoms with Crippen molar-refractivity contribution in [1.29, 1.82) is 0 Å². The summed E-state index contributed by atoms with van der Waals surface area (Å²) in [7, 11) is -7.18. The fourth-order valence-corrected chi connectivity index (χ4v) is 8.14. The van der Waals surface area contributed by atoms with E-state index in [-0.39, 0.29) is 16.4 Å². The SMILES string of the molecule is O=S1(=O)CC(N2CCCC2)C(S(=O)(=O)c2ccc(F)cc2)C1. The summed E-state index contributed by atoms with van der Waals surface area (Å²) in [6.45, 7) is 1.46. The smallest absolute Gasteiger partial charge is 0.183 e. The largest absolute Gasteiger partial charge is 0.298 e. The molecule has 0 saturated carbocycles. The highest BCUT2D eigenvalue weighted by atomic mass is 32.2. The third-order valence-electron chi connectivity index (χ3n) is 4.42. The van der Waals surface area contributed by atoms with Gasteiger partial charge in [-0.3, -0.25) is 4.90 Å². The number of halogens is 1. The number of sulfone groups is 2. The van der Waals surface area contributed by atoms with E-state index in [9.17, 15) is 21.2 Å². The molecule has 0 radical (unpaired) electrons. The molecule has 1 aromatic carbocycles. The molecular formula is C14H18FNO4S2. The summed E-state index contributed by atoms with van der Waals surface area (Å²) in [4.78, 5) is 1.95. The van der Waals surface area contributed by atoms with Gasteiger partial charge in [-0.15, -0.1) is 0 Å². The Kier molecular flexibility index (Phi) is 4.03. The molecule has 2 heterocycles. The van der Waals surface area contributed by atoms with Crippen LogP contribution in [0.3, 0.4) is 0 Å². The molecule has 0 amide bonds. The van der Waals surface area contributed by atoms with Gasteiger partial charge in [-0.05, 0) is 50.2 Å². The lowest BCUT2D eigenvalue weighted by atomic mass is 10.2. The minimum Gasteiger partial charge on any atom is -0.298 e. The van der Waals surface area contributed by atoms with Crippen LogP contribution in [0.5, 0.6) is 0 Å². The van der Waals surface area contributed by atoms with Crippen LogP contribution in [0, 0.1) is 5.82 Å². The molecule has 0 spiro atoms. The second kappa shape index (κ2) is 5.58. The van der Waals surface area contributed by atoms with Crippen molar-refractivity contribution in [3.63, 3.8) is 0 Å². The molecule has 122 valence electrons. The van der Waals surface area contributed by atoms with Crippen molar-refractivity contribution < 1.29 is 21.2 Å². The molecule has 0 aromatic heterocycles. The molecule has 3 rings (SSSR count). The van der Waals surface area contributed by atoms with Crippen LogP contribution in [0.4, 0.5) is 4.39 Å². The fourth-order valence-electron chi connectivity index (χ4n) is 3.31. The van der Waals surface area contributed by atoms with Crippen molar-refractivity contribution in [3.8, 4) is 0 Å². The van der Waals surface area contributed by atoms with Gasteiger partial charge in [0.15, 0.2) is 19.7 Å². The standard InChI is InChI=1S/C14H18FNO4S2/c15-11-3-5-12(6-4-11)22(19,20)14-10-21(17,18)9-13(14)16-7-1-2-8-16/h3-6,13-14H,1-2,7-10H2. The maximum Gasteiger partial charge on any atom is 0.183 e. The van der Waals surface area contributed by atoms with Crippen LogP contribution in [0.15, 0.2) is 29.2 Å². The van der Waals surface area contributed by atoms with E-state index in [1.807, 2.05) is 4.90 Å². The van der Waals surface area contributed by atoms with E-state index in [4.69, 9.17) is 0 Å². The van der Waals surface area contributed by atoms with Gasteiger partial charge in [-0.2, -0.15) is 0 Å². The highest BCUT2D eigenvalue weighted by Gasteiger charge is 2.48. The van der Waals surface area contributed by atoms with Crippen LogP contribution in [-0.2, 0) is 19.7 Å².